The van der Waals surface area contributed by atoms with E-state index in [1.54, 1.807) is 0 Å². The monoisotopic (exact) mass is 374 g/mol. The molecule has 0 bridgehead atoms. The van der Waals surface area contributed by atoms with E-state index in [2.05, 4.69) is 31.2 Å². The Kier molecular flexibility index (Phi) is 5.68. The maximum Gasteiger partial charge on any atom is 0.274 e. The summed E-state index contributed by atoms with van der Waals surface area (Å²) in [5, 5.41) is 4.75. The minimum Gasteiger partial charge on any atom is -0.337 e. The number of fused-ring (bicyclic) bond motifs is 1. The van der Waals surface area contributed by atoms with E-state index in [1.807, 2.05) is 9.58 Å². The van der Waals surface area contributed by atoms with Crippen LogP contribution in [0.1, 0.15) is 53.5 Å². The number of halogens is 1. The SMILES string of the molecule is CCc1ccc(-n2nc(C(=O)N3CCC(N)CC3)c3c2CCC3)cc1.Cl. The molecule has 1 aliphatic heterocycles. The number of piperidine rings is 1. The smallest absolute Gasteiger partial charge is 0.274 e. The normalized spacial score (nSPS) is 17.1. The molecule has 1 aromatic carbocycles. The summed E-state index contributed by atoms with van der Waals surface area (Å²) in [6.07, 6.45) is 5.84. The Labute approximate surface area is 161 Å². The number of carbonyl (C=O) groups excluding carboxylic acids is 1. The van der Waals surface area contributed by atoms with Crippen LogP contribution >= 0.6 is 12.4 Å². The predicted molar refractivity (Wildman–Crippen MR) is 105 cm³/mol. The topological polar surface area (TPSA) is 64.2 Å². The largest absolute Gasteiger partial charge is 0.337 e. The molecule has 1 amide bonds. The van der Waals surface area contributed by atoms with Gasteiger partial charge in [-0.25, -0.2) is 4.68 Å². The lowest BCUT2D eigenvalue weighted by Crippen LogP contribution is -2.43. The third-order valence-electron chi connectivity index (χ3n) is 5.55. The Morgan fingerprint density at radius 1 is 1.19 bits per heavy atom. The van der Waals surface area contributed by atoms with Crippen LogP contribution in [0.15, 0.2) is 24.3 Å². The number of aromatic nitrogens is 2. The molecule has 26 heavy (non-hydrogen) atoms. The van der Waals surface area contributed by atoms with Gasteiger partial charge in [-0.15, -0.1) is 12.4 Å². The maximum absolute atomic E-state index is 13.0. The van der Waals surface area contributed by atoms with Gasteiger partial charge in [0, 0.05) is 30.4 Å². The van der Waals surface area contributed by atoms with Crippen molar-refractivity contribution in [1.82, 2.24) is 14.7 Å². The van der Waals surface area contributed by atoms with Crippen LogP contribution in [0.25, 0.3) is 5.69 Å². The Balaban J connectivity index is 0.00000196. The average Bonchev–Trinajstić information content (AvgIpc) is 3.24. The number of amides is 1. The van der Waals surface area contributed by atoms with Gasteiger partial charge in [0.05, 0.1) is 5.69 Å². The highest BCUT2D eigenvalue weighted by atomic mass is 35.5. The zero-order chi connectivity index (χ0) is 17.4. The van der Waals surface area contributed by atoms with Gasteiger partial charge < -0.3 is 10.6 Å². The fourth-order valence-electron chi connectivity index (χ4n) is 3.95. The van der Waals surface area contributed by atoms with E-state index in [9.17, 15) is 4.79 Å². The summed E-state index contributed by atoms with van der Waals surface area (Å²) in [6.45, 7) is 3.64. The zero-order valence-corrected chi connectivity index (χ0v) is 16.1. The number of hydrogen-bond donors (Lipinski definition) is 1. The minimum absolute atomic E-state index is 0. The van der Waals surface area contributed by atoms with Gasteiger partial charge in [-0.1, -0.05) is 19.1 Å². The van der Waals surface area contributed by atoms with Crippen LogP contribution in [0.5, 0.6) is 0 Å². The minimum atomic E-state index is 0. The van der Waals surface area contributed by atoms with Gasteiger partial charge in [0.25, 0.3) is 5.91 Å². The van der Waals surface area contributed by atoms with E-state index in [-0.39, 0.29) is 24.4 Å². The van der Waals surface area contributed by atoms with Crippen molar-refractivity contribution in [3.8, 4) is 5.69 Å². The Morgan fingerprint density at radius 3 is 2.54 bits per heavy atom. The standard InChI is InChI=1S/C20H26N4O.ClH/c1-2-14-6-8-16(9-7-14)24-18-5-3-4-17(18)19(22-24)20(25)23-12-10-15(21)11-13-23;/h6-9,15H,2-5,10-13,21H2,1H3;1H. The number of rotatable bonds is 3. The van der Waals surface area contributed by atoms with Crippen LogP contribution in [-0.2, 0) is 19.3 Å². The first-order valence-electron chi connectivity index (χ1n) is 9.42. The first-order valence-corrected chi connectivity index (χ1v) is 9.42. The highest BCUT2D eigenvalue weighted by molar-refractivity contribution is 5.94. The molecule has 0 atom stereocenters. The van der Waals surface area contributed by atoms with Gasteiger partial charge >= 0.3 is 0 Å². The zero-order valence-electron chi connectivity index (χ0n) is 15.3. The summed E-state index contributed by atoms with van der Waals surface area (Å²) in [5.41, 5.74) is 11.4. The third kappa shape index (κ3) is 3.38. The number of nitrogens with zero attached hydrogens (tertiary/aromatic N) is 3. The number of hydrogen-bond acceptors (Lipinski definition) is 3. The second-order valence-electron chi connectivity index (χ2n) is 7.19. The summed E-state index contributed by atoms with van der Waals surface area (Å²) in [6, 6.07) is 8.74. The molecule has 2 heterocycles. The second-order valence-corrected chi connectivity index (χ2v) is 7.19. The van der Waals surface area contributed by atoms with Crippen molar-refractivity contribution >= 4 is 18.3 Å². The maximum atomic E-state index is 13.0. The molecule has 0 unspecified atom stereocenters. The van der Waals surface area contributed by atoms with E-state index < -0.39 is 0 Å². The number of nitrogens with two attached hydrogens (primary N) is 1. The summed E-state index contributed by atoms with van der Waals surface area (Å²) >= 11 is 0. The van der Waals surface area contributed by atoms with E-state index in [0.29, 0.717) is 5.69 Å². The molecule has 0 radical (unpaired) electrons. The summed E-state index contributed by atoms with van der Waals surface area (Å²) < 4.78 is 1.99. The number of carbonyl (C=O) groups is 1. The number of likely N-dealkylation sites (tertiary alicyclic amines) is 1. The molecule has 2 aromatic rings. The molecule has 1 saturated heterocycles. The summed E-state index contributed by atoms with van der Waals surface area (Å²) in [7, 11) is 0. The molecular weight excluding hydrogens is 348 g/mol. The predicted octanol–water partition coefficient (Wildman–Crippen LogP) is 2.91. The fourth-order valence-corrected chi connectivity index (χ4v) is 3.95. The van der Waals surface area contributed by atoms with Crippen LogP contribution in [0.4, 0.5) is 0 Å². The van der Waals surface area contributed by atoms with Crippen molar-refractivity contribution in [3.05, 3.63) is 46.8 Å². The molecule has 2 aliphatic rings. The molecule has 5 nitrogen and oxygen atoms in total. The molecule has 1 aliphatic carbocycles. The first kappa shape index (κ1) is 18.9. The van der Waals surface area contributed by atoms with Crippen molar-refractivity contribution < 1.29 is 4.79 Å². The lowest BCUT2D eigenvalue weighted by atomic mass is 10.1. The molecule has 1 fully saturated rings. The molecular formula is C20H27ClN4O. The molecule has 2 N–H and O–H groups in total. The molecule has 0 spiro atoms. The molecule has 1 aromatic heterocycles. The van der Waals surface area contributed by atoms with Crippen LogP contribution in [-0.4, -0.2) is 39.7 Å². The van der Waals surface area contributed by atoms with Crippen LogP contribution in [0.2, 0.25) is 0 Å². The lowest BCUT2D eigenvalue weighted by molar-refractivity contribution is 0.0707. The van der Waals surface area contributed by atoms with Crippen molar-refractivity contribution in [2.75, 3.05) is 13.1 Å². The summed E-state index contributed by atoms with van der Waals surface area (Å²) in [4.78, 5) is 14.9. The second kappa shape index (κ2) is 7.80. The van der Waals surface area contributed by atoms with E-state index in [1.165, 1.54) is 11.3 Å². The van der Waals surface area contributed by atoms with Gasteiger partial charge in [-0.05, 0) is 56.2 Å². The Hall–Kier alpha value is -1.85. The molecule has 6 heteroatoms. The van der Waals surface area contributed by atoms with E-state index in [4.69, 9.17) is 10.8 Å². The van der Waals surface area contributed by atoms with Crippen LogP contribution in [0, 0.1) is 0 Å². The lowest BCUT2D eigenvalue weighted by Gasteiger charge is -2.29. The van der Waals surface area contributed by atoms with Crippen LogP contribution in [0.3, 0.4) is 0 Å². The quantitative estimate of drug-likeness (QED) is 0.898. The molecule has 140 valence electrons. The number of benzene rings is 1. The third-order valence-corrected chi connectivity index (χ3v) is 5.55. The Bertz CT molecular complexity index is 776. The van der Waals surface area contributed by atoms with Crippen molar-refractivity contribution in [2.24, 2.45) is 5.73 Å². The molecule has 4 rings (SSSR count). The van der Waals surface area contributed by atoms with E-state index in [0.717, 1.165) is 62.9 Å². The first-order chi connectivity index (χ1) is 12.2. The summed E-state index contributed by atoms with van der Waals surface area (Å²) in [5.74, 6) is 0.0778. The molecule has 0 saturated carbocycles. The highest BCUT2D eigenvalue weighted by Gasteiger charge is 2.30. The number of aryl methyl sites for hydroxylation is 1. The van der Waals surface area contributed by atoms with Gasteiger partial charge in [0.15, 0.2) is 5.69 Å². The van der Waals surface area contributed by atoms with Crippen molar-refractivity contribution in [3.63, 3.8) is 0 Å². The van der Waals surface area contributed by atoms with Crippen LogP contribution < -0.4 is 5.73 Å². The van der Waals surface area contributed by atoms with E-state index >= 15 is 0 Å². The van der Waals surface area contributed by atoms with Crippen molar-refractivity contribution in [2.45, 2.75) is 51.5 Å². The van der Waals surface area contributed by atoms with Gasteiger partial charge in [-0.3, -0.25) is 4.79 Å². The van der Waals surface area contributed by atoms with Gasteiger partial charge in [0.1, 0.15) is 0 Å². The highest BCUT2D eigenvalue weighted by Crippen LogP contribution is 2.29. The van der Waals surface area contributed by atoms with Gasteiger partial charge in [-0.2, -0.15) is 5.10 Å². The van der Waals surface area contributed by atoms with Gasteiger partial charge in [0.2, 0.25) is 0 Å². The van der Waals surface area contributed by atoms with Crippen molar-refractivity contribution in [1.29, 1.82) is 0 Å². The Morgan fingerprint density at radius 2 is 1.88 bits per heavy atom. The fraction of sp³-hybridized carbons (Fsp3) is 0.500. The average molecular weight is 375 g/mol.